The van der Waals surface area contributed by atoms with Gasteiger partial charge >= 0.3 is 0 Å². The van der Waals surface area contributed by atoms with Crippen LogP contribution in [0.2, 0.25) is 0 Å². The Labute approximate surface area is 184 Å². The number of aliphatic hydroxyl groups excluding tert-OH is 1. The number of benzene rings is 3. The third-order valence-electron chi connectivity index (χ3n) is 5.11. The number of hydrogen-bond donors (Lipinski definition) is 1. The van der Waals surface area contributed by atoms with Crippen LogP contribution in [0.15, 0.2) is 87.2 Å². The fourth-order valence-electron chi connectivity index (χ4n) is 3.76. The van der Waals surface area contributed by atoms with E-state index in [1.807, 2.05) is 12.1 Å². The summed E-state index contributed by atoms with van der Waals surface area (Å²) in [7, 11) is 0. The lowest BCUT2D eigenvalue weighted by molar-refractivity contribution is 0.254. The van der Waals surface area contributed by atoms with Gasteiger partial charge in [-0.15, -0.1) is 11.8 Å². The number of aliphatic hydroxyl groups is 1. The number of hydrogen-bond acceptors (Lipinski definition) is 4. The summed E-state index contributed by atoms with van der Waals surface area (Å²) in [4.78, 5) is 8.62. The Kier molecular flexibility index (Phi) is 6.38. The van der Waals surface area contributed by atoms with Crippen molar-refractivity contribution < 1.29 is 5.11 Å². The highest BCUT2D eigenvalue weighted by Crippen LogP contribution is 2.41. The first-order valence-corrected chi connectivity index (χ1v) is 11.7. The molecule has 3 nitrogen and oxygen atoms in total. The molecule has 0 aromatic heterocycles. The molecule has 1 unspecified atom stereocenters. The Hall–Kier alpha value is -2.08. The average molecular weight is 467 g/mol. The number of nitrogens with zero attached hydrogens (tertiary/aromatic N) is 2. The second kappa shape index (κ2) is 9.16. The molecule has 3 aromatic carbocycles. The van der Waals surface area contributed by atoms with E-state index >= 15 is 0 Å². The predicted octanol–water partition coefficient (Wildman–Crippen LogP) is 6.04. The van der Waals surface area contributed by atoms with Gasteiger partial charge < -0.3 is 10.0 Å². The van der Waals surface area contributed by atoms with Gasteiger partial charge in [0.1, 0.15) is 5.84 Å². The molecule has 5 heteroatoms. The molecule has 0 fully saturated rings. The molecular formula is C24H23BrN2OS. The van der Waals surface area contributed by atoms with Crippen LogP contribution in [0.3, 0.4) is 0 Å². The normalized spacial score (nSPS) is 15.8. The summed E-state index contributed by atoms with van der Waals surface area (Å²) in [5, 5.41) is 9.54. The molecule has 0 aliphatic carbocycles. The molecule has 0 spiro atoms. The zero-order valence-corrected chi connectivity index (χ0v) is 18.7. The fourth-order valence-corrected chi connectivity index (χ4v) is 4.54. The zero-order valence-electron chi connectivity index (χ0n) is 16.3. The Morgan fingerprint density at radius 1 is 1.03 bits per heavy atom. The Morgan fingerprint density at radius 3 is 2.48 bits per heavy atom. The summed E-state index contributed by atoms with van der Waals surface area (Å²) < 4.78 is 1.04. The van der Waals surface area contributed by atoms with Gasteiger partial charge in [-0.05, 0) is 48.6 Å². The smallest absolute Gasteiger partial charge is 0.137 e. The van der Waals surface area contributed by atoms with Gasteiger partial charge in [-0.25, -0.2) is 4.99 Å². The summed E-state index contributed by atoms with van der Waals surface area (Å²) in [5.74, 6) is 0.953. The van der Waals surface area contributed by atoms with Crippen molar-refractivity contribution in [3.63, 3.8) is 0 Å². The molecule has 1 aliphatic rings. The van der Waals surface area contributed by atoms with Crippen molar-refractivity contribution in [1.82, 2.24) is 4.90 Å². The fraction of sp³-hybridized carbons (Fsp3) is 0.208. The summed E-state index contributed by atoms with van der Waals surface area (Å²) in [5.41, 5.74) is 4.48. The lowest BCUT2D eigenvalue weighted by atomic mass is 9.92. The minimum absolute atomic E-state index is 0.0444. The van der Waals surface area contributed by atoms with Crippen molar-refractivity contribution in [3.8, 4) is 0 Å². The summed E-state index contributed by atoms with van der Waals surface area (Å²) in [6, 6.07) is 25.4. The van der Waals surface area contributed by atoms with Gasteiger partial charge in [-0.2, -0.15) is 0 Å². The van der Waals surface area contributed by atoms with E-state index in [-0.39, 0.29) is 12.6 Å². The first-order valence-electron chi connectivity index (χ1n) is 9.66. The Morgan fingerprint density at radius 2 is 1.79 bits per heavy atom. The topological polar surface area (TPSA) is 35.8 Å². The van der Waals surface area contributed by atoms with Crippen LogP contribution in [0.4, 0.5) is 5.69 Å². The van der Waals surface area contributed by atoms with Crippen LogP contribution < -0.4 is 0 Å². The highest BCUT2D eigenvalue weighted by molar-refractivity contribution is 9.10. The maximum Gasteiger partial charge on any atom is 0.137 e. The summed E-state index contributed by atoms with van der Waals surface area (Å²) in [6.45, 7) is 0.882. The minimum Gasteiger partial charge on any atom is -0.396 e. The first kappa shape index (κ1) is 20.2. The lowest BCUT2D eigenvalue weighted by Crippen LogP contribution is -2.39. The molecule has 1 aliphatic heterocycles. The van der Waals surface area contributed by atoms with E-state index in [1.54, 1.807) is 11.8 Å². The quantitative estimate of drug-likeness (QED) is 0.450. The second-order valence-corrected chi connectivity index (χ2v) is 8.75. The van der Waals surface area contributed by atoms with Gasteiger partial charge in [0, 0.05) is 33.6 Å². The summed E-state index contributed by atoms with van der Waals surface area (Å²) in [6.07, 6.45) is 2.77. The molecule has 3 aromatic rings. The standard InChI is InChI=1S/C24H23BrN2OS/c1-29-20-11-8-18(9-12-20)24-26-22-13-10-19(25)16-21(22)23(27(24)14-5-15-28)17-6-3-2-4-7-17/h2-4,6-13,16,23,28H,5,14-15H2,1H3. The van der Waals surface area contributed by atoms with Gasteiger partial charge in [0.15, 0.2) is 0 Å². The van der Waals surface area contributed by atoms with E-state index in [1.165, 1.54) is 16.0 Å². The van der Waals surface area contributed by atoms with Gasteiger partial charge in [-0.3, -0.25) is 0 Å². The van der Waals surface area contributed by atoms with Gasteiger partial charge in [0.2, 0.25) is 0 Å². The maximum absolute atomic E-state index is 9.54. The molecule has 0 saturated carbocycles. The Balaban J connectivity index is 1.89. The van der Waals surface area contributed by atoms with E-state index < -0.39 is 0 Å². The van der Waals surface area contributed by atoms with Crippen LogP contribution in [0, 0.1) is 0 Å². The molecule has 4 rings (SSSR count). The molecule has 0 bridgehead atoms. The van der Waals surface area contributed by atoms with Gasteiger partial charge in [-0.1, -0.05) is 58.4 Å². The van der Waals surface area contributed by atoms with E-state index in [4.69, 9.17) is 4.99 Å². The monoisotopic (exact) mass is 466 g/mol. The SMILES string of the molecule is CSc1ccc(C2=Nc3ccc(Br)cc3C(c3ccccc3)N2CCCO)cc1. The molecule has 0 saturated heterocycles. The average Bonchev–Trinajstić information content (AvgIpc) is 2.77. The number of amidine groups is 1. The van der Waals surface area contributed by atoms with E-state index in [9.17, 15) is 5.11 Å². The third kappa shape index (κ3) is 4.27. The predicted molar refractivity (Wildman–Crippen MR) is 125 cm³/mol. The number of thioether (sulfide) groups is 1. The zero-order chi connectivity index (χ0) is 20.2. The number of aliphatic imine (C=N–C) groups is 1. The maximum atomic E-state index is 9.54. The molecule has 1 atom stereocenters. The van der Waals surface area contributed by atoms with Crippen LogP contribution in [0.5, 0.6) is 0 Å². The molecule has 1 N–H and O–H groups in total. The van der Waals surface area contributed by atoms with Crippen molar-refractivity contribution in [2.75, 3.05) is 19.4 Å². The highest BCUT2D eigenvalue weighted by atomic mass is 79.9. The van der Waals surface area contributed by atoms with Crippen molar-refractivity contribution in [3.05, 3.63) is 94.0 Å². The minimum atomic E-state index is 0.0444. The second-order valence-electron chi connectivity index (χ2n) is 6.95. The van der Waals surface area contributed by atoms with Crippen molar-refractivity contribution in [2.45, 2.75) is 17.4 Å². The van der Waals surface area contributed by atoms with Crippen LogP contribution in [-0.4, -0.2) is 35.2 Å². The van der Waals surface area contributed by atoms with Gasteiger partial charge in [0.25, 0.3) is 0 Å². The van der Waals surface area contributed by atoms with Crippen molar-refractivity contribution in [1.29, 1.82) is 0 Å². The molecule has 148 valence electrons. The lowest BCUT2D eigenvalue weighted by Gasteiger charge is -2.39. The van der Waals surface area contributed by atoms with Crippen LogP contribution in [0.1, 0.15) is 29.2 Å². The Bertz CT molecular complexity index is 1010. The molecular weight excluding hydrogens is 444 g/mol. The molecule has 29 heavy (non-hydrogen) atoms. The van der Waals surface area contributed by atoms with Crippen LogP contribution >= 0.6 is 27.7 Å². The number of fused-ring (bicyclic) bond motifs is 1. The van der Waals surface area contributed by atoms with Crippen molar-refractivity contribution in [2.24, 2.45) is 4.99 Å². The van der Waals surface area contributed by atoms with Crippen LogP contribution in [0.25, 0.3) is 0 Å². The number of rotatable bonds is 6. The summed E-state index contributed by atoms with van der Waals surface area (Å²) >= 11 is 5.36. The molecule has 1 heterocycles. The van der Waals surface area contributed by atoms with E-state index in [0.717, 1.165) is 28.1 Å². The van der Waals surface area contributed by atoms with Crippen molar-refractivity contribution >= 4 is 39.2 Å². The van der Waals surface area contributed by atoms with E-state index in [2.05, 4.69) is 87.7 Å². The third-order valence-corrected chi connectivity index (χ3v) is 6.35. The highest BCUT2D eigenvalue weighted by Gasteiger charge is 2.31. The molecule has 0 amide bonds. The van der Waals surface area contributed by atoms with Crippen LogP contribution in [-0.2, 0) is 0 Å². The first-order chi connectivity index (χ1) is 14.2. The molecule has 0 radical (unpaired) electrons. The van der Waals surface area contributed by atoms with Gasteiger partial charge in [0.05, 0.1) is 11.7 Å². The number of halogens is 1. The van der Waals surface area contributed by atoms with E-state index in [0.29, 0.717) is 6.42 Å². The largest absolute Gasteiger partial charge is 0.396 e.